The van der Waals surface area contributed by atoms with Crippen molar-refractivity contribution in [1.82, 2.24) is 10.3 Å². The summed E-state index contributed by atoms with van der Waals surface area (Å²) in [6, 6.07) is 23.6. The highest BCUT2D eigenvalue weighted by atomic mass is 79.9. The van der Waals surface area contributed by atoms with E-state index in [1.807, 2.05) is 42.5 Å². The highest BCUT2D eigenvalue weighted by Crippen LogP contribution is 2.29. The Labute approximate surface area is 244 Å². The molecule has 2 amide bonds. The quantitative estimate of drug-likeness (QED) is 0.185. The molecule has 4 aromatic rings. The minimum absolute atomic E-state index is 0.0653. The van der Waals surface area contributed by atoms with Crippen LogP contribution in [-0.4, -0.2) is 47.7 Å². The number of aromatic hydroxyl groups is 1. The number of carbonyl (C=O) groups is 2. The molecular formula is C31H25BrClN3O4. The minimum Gasteiger partial charge on any atom is -0.506 e. The molecule has 0 atom stereocenters. The average Bonchev–Trinajstić information content (AvgIpc) is 2.98. The monoisotopic (exact) mass is 617 g/mol. The fraction of sp³-hybridized carbons (Fsp3) is 0.129. The second-order valence-electron chi connectivity index (χ2n) is 9.18. The Bertz CT molecular complexity index is 1640. The molecule has 1 aliphatic heterocycles. The number of benzene rings is 4. The lowest BCUT2D eigenvalue weighted by atomic mass is 9.99. The molecule has 5 rings (SSSR count). The lowest BCUT2D eigenvalue weighted by Crippen LogP contribution is -2.37. The molecule has 0 saturated heterocycles. The summed E-state index contributed by atoms with van der Waals surface area (Å²) in [4.78, 5) is 27.1. The van der Waals surface area contributed by atoms with Gasteiger partial charge in [-0.25, -0.2) is 5.43 Å². The zero-order valence-electron chi connectivity index (χ0n) is 21.3. The topological polar surface area (TPSA) is 91.2 Å². The van der Waals surface area contributed by atoms with Crippen molar-refractivity contribution < 1.29 is 19.4 Å². The van der Waals surface area contributed by atoms with Crippen LogP contribution in [0, 0.1) is 0 Å². The molecule has 0 aliphatic carbocycles. The van der Waals surface area contributed by atoms with Crippen LogP contribution in [0.25, 0.3) is 16.3 Å². The molecule has 9 heteroatoms. The smallest absolute Gasteiger partial charge is 0.271 e. The Morgan fingerprint density at radius 1 is 1.05 bits per heavy atom. The molecule has 0 saturated carbocycles. The van der Waals surface area contributed by atoms with Crippen molar-refractivity contribution in [2.24, 2.45) is 5.10 Å². The van der Waals surface area contributed by atoms with Gasteiger partial charge in [0, 0.05) is 34.1 Å². The minimum atomic E-state index is -0.461. The molecular weight excluding hydrogens is 594 g/mol. The van der Waals surface area contributed by atoms with Crippen LogP contribution in [0.3, 0.4) is 0 Å². The molecule has 0 aromatic heterocycles. The maximum absolute atomic E-state index is 12.9. The Morgan fingerprint density at radius 2 is 1.82 bits per heavy atom. The molecule has 40 heavy (non-hydrogen) atoms. The third-order valence-electron chi connectivity index (χ3n) is 6.63. The summed E-state index contributed by atoms with van der Waals surface area (Å²) in [6.07, 6.45) is 4.43. The van der Waals surface area contributed by atoms with Crippen LogP contribution >= 0.6 is 27.5 Å². The van der Waals surface area contributed by atoms with Crippen molar-refractivity contribution in [1.29, 1.82) is 0 Å². The van der Waals surface area contributed by atoms with Gasteiger partial charge >= 0.3 is 0 Å². The summed E-state index contributed by atoms with van der Waals surface area (Å²) in [5.74, 6) is -0.0434. The second kappa shape index (κ2) is 12.4. The number of phenols is 1. The number of hydrogen-bond donors (Lipinski definition) is 2. The predicted octanol–water partition coefficient (Wildman–Crippen LogP) is 6.42. The van der Waals surface area contributed by atoms with Crippen molar-refractivity contribution >= 4 is 61.9 Å². The molecule has 0 fully saturated rings. The maximum Gasteiger partial charge on any atom is 0.271 e. The van der Waals surface area contributed by atoms with Crippen LogP contribution in [0.2, 0.25) is 5.02 Å². The Balaban J connectivity index is 1.22. The normalized spacial score (nSPS) is 13.3. The van der Waals surface area contributed by atoms with Crippen LogP contribution in [0.1, 0.15) is 27.9 Å². The lowest BCUT2D eigenvalue weighted by molar-refractivity contribution is -0.132. The van der Waals surface area contributed by atoms with Crippen LogP contribution in [-0.2, 0) is 4.79 Å². The van der Waals surface area contributed by atoms with E-state index in [0.717, 1.165) is 27.2 Å². The maximum atomic E-state index is 12.9. The fourth-order valence-corrected chi connectivity index (χ4v) is 4.90. The first-order valence-corrected chi connectivity index (χ1v) is 13.8. The number of hydrazone groups is 1. The number of fused-ring (bicyclic) bond motifs is 1. The third-order valence-corrected chi connectivity index (χ3v) is 7.46. The first-order valence-electron chi connectivity index (χ1n) is 12.6. The first-order chi connectivity index (χ1) is 19.4. The van der Waals surface area contributed by atoms with E-state index in [2.05, 4.69) is 44.7 Å². The van der Waals surface area contributed by atoms with Gasteiger partial charge in [-0.3, -0.25) is 9.59 Å². The summed E-state index contributed by atoms with van der Waals surface area (Å²) in [5, 5.41) is 15.4. The van der Waals surface area contributed by atoms with E-state index in [1.54, 1.807) is 17.2 Å². The number of hydrogen-bond acceptors (Lipinski definition) is 5. The number of phenolic OH excluding ortho intramolecular Hbond substituents is 1. The van der Waals surface area contributed by atoms with Crippen LogP contribution < -0.4 is 10.2 Å². The molecule has 0 spiro atoms. The van der Waals surface area contributed by atoms with Gasteiger partial charge in [-0.05, 0) is 65.4 Å². The summed E-state index contributed by atoms with van der Waals surface area (Å²) in [7, 11) is 0. The third kappa shape index (κ3) is 6.35. The van der Waals surface area contributed by atoms with Crippen LogP contribution in [0.5, 0.6) is 11.5 Å². The summed E-state index contributed by atoms with van der Waals surface area (Å²) in [6.45, 7) is 1.12. The van der Waals surface area contributed by atoms with E-state index < -0.39 is 5.91 Å². The van der Waals surface area contributed by atoms with Crippen molar-refractivity contribution in [3.63, 3.8) is 0 Å². The molecule has 0 radical (unpaired) electrons. The van der Waals surface area contributed by atoms with E-state index in [4.69, 9.17) is 16.3 Å². The van der Waals surface area contributed by atoms with Crippen molar-refractivity contribution in [3.05, 3.63) is 111 Å². The van der Waals surface area contributed by atoms with Gasteiger partial charge in [0.1, 0.15) is 11.5 Å². The largest absolute Gasteiger partial charge is 0.506 e. The Morgan fingerprint density at radius 3 is 2.55 bits per heavy atom. The van der Waals surface area contributed by atoms with Gasteiger partial charge in [0.25, 0.3) is 11.8 Å². The van der Waals surface area contributed by atoms with Gasteiger partial charge in [0.15, 0.2) is 6.61 Å². The number of nitrogens with one attached hydrogen (secondary N) is 1. The molecule has 1 aliphatic rings. The van der Waals surface area contributed by atoms with Gasteiger partial charge in [-0.1, -0.05) is 70.0 Å². The van der Waals surface area contributed by atoms with Gasteiger partial charge in [0.2, 0.25) is 0 Å². The number of amides is 2. The fourth-order valence-electron chi connectivity index (χ4n) is 4.46. The Kier molecular flexibility index (Phi) is 8.48. The molecule has 4 aromatic carbocycles. The van der Waals surface area contributed by atoms with E-state index in [-0.39, 0.29) is 28.8 Å². The zero-order valence-corrected chi connectivity index (χ0v) is 23.7. The zero-order chi connectivity index (χ0) is 28.1. The van der Waals surface area contributed by atoms with Crippen LogP contribution in [0.4, 0.5) is 0 Å². The molecule has 7 nitrogen and oxygen atoms in total. The number of halogens is 2. The Hall–Kier alpha value is -4.14. The van der Waals surface area contributed by atoms with E-state index in [1.165, 1.54) is 29.3 Å². The first kappa shape index (κ1) is 27.4. The second-order valence-corrected chi connectivity index (χ2v) is 10.5. The molecule has 1 heterocycles. The van der Waals surface area contributed by atoms with Gasteiger partial charge < -0.3 is 14.7 Å². The number of nitrogens with zero attached hydrogens (tertiary/aromatic N) is 2. The lowest BCUT2D eigenvalue weighted by Gasteiger charge is -2.27. The standard InChI is InChI=1S/C31H25BrClN3O4/c32-24-9-5-20(6-10-24)21-13-15-36(16-14-21)30(38)19-40-29-12-8-23(25-3-1-2-4-26(25)29)18-34-35-31(39)22-7-11-28(37)27(33)17-22/h1-13,17-18,37H,14-16,19H2,(H,35,39). The SMILES string of the molecule is O=C(NN=Cc1ccc(OCC(=O)N2CC=C(c3ccc(Br)cc3)CC2)c2ccccc12)c1ccc(O)c(Cl)c1. The summed E-state index contributed by atoms with van der Waals surface area (Å²) in [5.41, 5.74) is 5.91. The summed E-state index contributed by atoms with van der Waals surface area (Å²) < 4.78 is 7.01. The van der Waals surface area contributed by atoms with Gasteiger partial charge in [-0.15, -0.1) is 0 Å². The summed E-state index contributed by atoms with van der Waals surface area (Å²) >= 11 is 9.35. The van der Waals surface area contributed by atoms with Gasteiger partial charge in [0.05, 0.1) is 11.2 Å². The highest BCUT2D eigenvalue weighted by molar-refractivity contribution is 9.10. The van der Waals surface area contributed by atoms with E-state index >= 15 is 0 Å². The van der Waals surface area contributed by atoms with Crippen molar-refractivity contribution in [2.75, 3.05) is 19.7 Å². The molecule has 2 N–H and O–H groups in total. The number of rotatable bonds is 7. The molecule has 0 unspecified atom stereocenters. The highest BCUT2D eigenvalue weighted by Gasteiger charge is 2.19. The molecule has 202 valence electrons. The molecule has 0 bridgehead atoms. The average molecular weight is 619 g/mol. The van der Waals surface area contributed by atoms with E-state index in [9.17, 15) is 14.7 Å². The number of ether oxygens (including phenoxy) is 1. The van der Waals surface area contributed by atoms with Gasteiger partial charge in [-0.2, -0.15) is 5.10 Å². The van der Waals surface area contributed by atoms with Crippen LogP contribution in [0.15, 0.2) is 94.5 Å². The van der Waals surface area contributed by atoms with Crippen molar-refractivity contribution in [2.45, 2.75) is 6.42 Å². The van der Waals surface area contributed by atoms with E-state index in [0.29, 0.717) is 18.8 Å². The van der Waals surface area contributed by atoms with Crippen molar-refractivity contribution in [3.8, 4) is 11.5 Å². The predicted molar refractivity (Wildman–Crippen MR) is 161 cm³/mol. The number of carbonyl (C=O) groups excluding carboxylic acids is 2.